The van der Waals surface area contributed by atoms with Crippen molar-refractivity contribution in [3.05, 3.63) is 29.8 Å². The highest BCUT2D eigenvalue weighted by molar-refractivity contribution is 7.89. The molecule has 3 rings (SSSR count). The molecule has 6 nitrogen and oxygen atoms in total. The summed E-state index contributed by atoms with van der Waals surface area (Å²) in [6, 6.07) is 7.22. The van der Waals surface area contributed by atoms with Gasteiger partial charge in [-0.3, -0.25) is 4.79 Å². The normalized spacial score (nSPS) is 22.3. The molecule has 0 aromatic heterocycles. The van der Waals surface area contributed by atoms with Crippen molar-refractivity contribution in [2.24, 2.45) is 0 Å². The Hall–Kier alpha value is -1.15. The van der Waals surface area contributed by atoms with Crippen molar-refractivity contribution < 1.29 is 13.2 Å². The highest BCUT2D eigenvalue weighted by Gasteiger charge is 2.36. The lowest BCUT2D eigenvalue weighted by atomic mass is 10.0. The van der Waals surface area contributed by atoms with Gasteiger partial charge in [-0.1, -0.05) is 32.0 Å². The van der Waals surface area contributed by atoms with E-state index < -0.39 is 10.0 Å². The van der Waals surface area contributed by atoms with Gasteiger partial charge in [-0.25, -0.2) is 8.42 Å². The number of halogens is 1. The minimum Gasteiger partial charge on any atom is -0.336 e. The largest absolute Gasteiger partial charge is 0.336 e. The predicted molar refractivity (Wildman–Crippen MR) is 104 cm³/mol. The van der Waals surface area contributed by atoms with Gasteiger partial charge in [-0.2, -0.15) is 4.31 Å². The lowest BCUT2D eigenvalue weighted by molar-refractivity contribution is -0.135. The summed E-state index contributed by atoms with van der Waals surface area (Å²) >= 11 is 0. The zero-order valence-corrected chi connectivity index (χ0v) is 17.0. The number of sulfonamides is 1. The topological polar surface area (TPSA) is 69.7 Å². The maximum absolute atomic E-state index is 13.2. The third-order valence-corrected chi connectivity index (χ3v) is 7.02. The molecule has 2 saturated heterocycles. The third kappa shape index (κ3) is 4.22. The lowest BCUT2D eigenvalue weighted by Crippen LogP contribution is -2.57. The van der Waals surface area contributed by atoms with E-state index in [2.05, 4.69) is 5.32 Å². The number of piperazine rings is 1. The molecule has 2 aliphatic heterocycles. The zero-order chi connectivity index (χ0) is 18.0. The molecule has 0 saturated carbocycles. The predicted octanol–water partition coefficient (Wildman–Crippen LogP) is 1.82. The highest BCUT2D eigenvalue weighted by atomic mass is 35.5. The van der Waals surface area contributed by atoms with Crippen molar-refractivity contribution in [1.29, 1.82) is 0 Å². The SMILES string of the molecule is CC(C)c1ccccc1S(=O)(=O)N1CCCC(N2CCNCC2=O)C1.Cl. The van der Waals surface area contributed by atoms with Crippen molar-refractivity contribution in [2.75, 3.05) is 32.7 Å². The number of piperidine rings is 1. The molecular weight excluding hydrogens is 374 g/mol. The molecule has 0 spiro atoms. The van der Waals surface area contributed by atoms with E-state index in [1.165, 1.54) is 0 Å². The lowest BCUT2D eigenvalue weighted by Gasteiger charge is -2.40. The Morgan fingerprint density at radius 2 is 1.92 bits per heavy atom. The summed E-state index contributed by atoms with van der Waals surface area (Å²) in [4.78, 5) is 14.4. The van der Waals surface area contributed by atoms with Crippen LogP contribution in [0.2, 0.25) is 0 Å². The number of nitrogens with one attached hydrogen (secondary N) is 1. The standard InChI is InChI=1S/C18H27N3O3S.ClH/c1-14(2)16-7-3-4-8-17(16)25(23,24)20-10-5-6-15(13-20)21-11-9-19-12-18(21)22;/h3-4,7-8,14-15,19H,5-6,9-13H2,1-2H3;1H. The number of rotatable bonds is 4. The van der Waals surface area contributed by atoms with E-state index in [4.69, 9.17) is 0 Å². The Morgan fingerprint density at radius 1 is 1.19 bits per heavy atom. The second kappa shape index (κ2) is 8.69. The fourth-order valence-corrected chi connectivity index (χ4v) is 5.60. The molecule has 26 heavy (non-hydrogen) atoms. The average molecular weight is 402 g/mol. The minimum absolute atomic E-state index is 0. The minimum atomic E-state index is -3.55. The molecular formula is C18H28ClN3O3S. The second-order valence-corrected chi connectivity index (χ2v) is 9.02. The molecule has 2 aliphatic rings. The van der Waals surface area contributed by atoms with Gasteiger partial charge in [0.1, 0.15) is 0 Å². The van der Waals surface area contributed by atoms with Crippen molar-refractivity contribution in [3.8, 4) is 0 Å². The maximum Gasteiger partial charge on any atom is 0.243 e. The van der Waals surface area contributed by atoms with Crippen LogP contribution in [0.25, 0.3) is 0 Å². The van der Waals surface area contributed by atoms with E-state index in [-0.39, 0.29) is 30.3 Å². The molecule has 2 heterocycles. The van der Waals surface area contributed by atoms with E-state index in [9.17, 15) is 13.2 Å². The Morgan fingerprint density at radius 3 is 2.62 bits per heavy atom. The number of nitrogens with zero attached hydrogens (tertiary/aromatic N) is 2. The van der Waals surface area contributed by atoms with Gasteiger partial charge in [0.15, 0.2) is 0 Å². The third-order valence-electron chi connectivity index (χ3n) is 5.08. The Balaban J connectivity index is 0.00000243. The van der Waals surface area contributed by atoms with Crippen molar-refractivity contribution in [2.45, 2.75) is 43.5 Å². The zero-order valence-electron chi connectivity index (χ0n) is 15.3. The molecule has 1 amide bonds. The van der Waals surface area contributed by atoms with Crippen LogP contribution in [-0.4, -0.2) is 62.3 Å². The van der Waals surface area contributed by atoms with Crippen molar-refractivity contribution in [3.63, 3.8) is 0 Å². The Labute approximate surface area is 162 Å². The highest BCUT2D eigenvalue weighted by Crippen LogP contribution is 2.29. The average Bonchev–Trinajstić information content (AvgIpc) is 2.62. The number of amides is 1. The summed E-state index contributed by atoms with van der Waals surface area (Å²) in [6.07, 6.45) is 1.65. The first-order valence-corrected chi connectivity index (χ1v) is 10.4. The molecule has 0 bridgehead atoms. The van der Waals surface area contributed by atoms with Crippen LogP contribution in [0.3, 0.4) is 0 Å². The molecule has 0 aliphatic carbocycles. The van der Waals surface area contributed by atoms with Gasteiger partial charge in [0, 0.05) is 32.2 Å². The summed E-state index contributed by atoms with van der Waals surface area (Å²) in [5, 5.41) is 3.07. The summed E-state index contributed by atoms with van der Waals surface area (Å²) in [5.41, 5.74) is 0.850. The fourth-order valence-electron chi connectivity index (χ4n) is 3.73. The fraction of sp³-hybridized carbons (Fsp3) is 0.611. The molecule has 8 heteroatoms. The van der Waals surface area contributed by atoms with Crippen molar-refractivity contribution in [1.82, 2.24) is 14.5 Å². The summed E-state index contributed by atoms with van der Waals surface area (Å²) < 4.78 is 28.0. The smallest absolute Gasteiger partial charge is 0.243 e. The van der Waals surface area contributed by atoms with Crippen molar-refractivity contribution >= 4 is 28.3 Å². The van der Waals surface area contributed by atoms with Gasteiger partial charge in [-0.05, 0) is 30.4 Å². The summed E-state index contributed by atoms with van der Waals surface area (Å²) in [7, 11) is -3.55. The molecule has 146 valence electrons. The first-order valence-electron chi connectivity index (χ1n) is 9.00. The number of carbonyl (C=O) groups excluding carboxylic acids is 1. The number of hydrogen-bond donors (Lipinski definition) is 1. The van der Waals surface area contributed by atoms with E-state index in [1.54, 1.807) is 16.4 Å². The van der Waals surface area contributed by atoms with Gasteiger partial charge in [0.25, 0.3) is 0 Å². The van der Waals surface area contributed by atoms with Crippen LogP contribution >= 0.6 is 12.4 Å². The molecule has 1 atom stereocenters. The van der Waals surface area contributed by atoms with E-state index >= 15 is 0 Å². The summed E-state index contributed by atoms with van der Waals surface area (Å²) in [5.74, 6) is 0.208. The van der Waals surface area contributed by atoms with Crippen LogP contribution in [0.1, 0.15) is 38.2 Å². The Bertz CT molecular complexity index is 739. The maximum atomic E-state index is 13.2. The molecule has 0 radical (unpaired) electrons. The first kappa shape index (κ1) is 21.2. The quantitative estimate of drug-likeness (QED) is 0.835. The second-order valence-electron chi connectivity index (χ2n) is 7.12. The number of hydrogen-bond acceptors (Lipinski definition) is 4. The summed E-state index contributed by atoms with van der Waals surface area (Å²) in [6.45, 7) is 6.69. The molecule has 1 unspecified atom stereocenters. The first-order chi connectivity index (χ1) is 11.9. The van der Waals surface area contributed by atoms with E-state index in [0.29, 0.717) is 31.1 Å². The molecule has 2 fully saturated rings. The van der Waals surface area contributed by atoms with Gasteiger partial charge >= 0.3 is 0 Å². The van der Waals surface area contributed by atoms with E-state index in [1.807, 2.05) is 30.9 Å². The monoisotopic (exact) mass is 401 g/mol. The van der Waals surface area contributed by atoms with Crippen LogP contribution in [0, 0.1) is 0 Å². The molecule has 1 N–H and O–H groups in total. The number of benzene rings is 1. The number of carbonyl (C=O) groups is 1. The van der Waals surface area contributed by atoms with Gasteiger partial charge in [0.05, 0.1) is 11.4 Å². The van der Waals surface area contributed by atoms with Crippen LogP contribution in [0.5, 0.6) is 0 Å². The van der Waals surface area contributed by atoms with Gasteiger partial charge in [0.2, 0.25) is 15.9 Å². The van der Waals surface area contributed by atoms with Crippen LogP contribution < -0.4 is 5.32 Å². The van der Waals surface area contributed by atoms with E-state index in [0.717, 1.165) is 24.9 Å². The van der Waals surface area contributed by atoms with Crippen LogP contribution in [0.4, 0.5) is 0 Å². The van der Waals surface area contributed by atoms with Crippen LogP contribution in [-0.2, 0) is 14.8 Å². The van der Waals surface area contributed by atoms with Crippen LogP contribution in [0.15, 0.2) is 29.2 Å². The molecule has 1 aromatic rings. The van der Waals surface area contributed by atoms with Gasteiger partial charge < -0.3 is 10.2 Å². The van der Waals surface area contributed by atoms with Gasteiger partial charge in [-0.15, -0.1) is 12.4 Å². The Kier molecular flexibility index (Phi) is 7.07. The molecule has 1 aromatic carbocycles.